The number of halogens is 3. The van der Waals surface area contributed by atoms with Gasteiger partial charge in [0.15, 0.2) is 0 Å². The lowest BCUT2D eigenvalue weighted by atomic mass is 10.1. The van der Waals surface area contributed by atoms with Crippen molar-refractivity contribution in [2.75, 3.05) is 24.5 Å². The van der Waals surface area contributed by atoms with Gasteiger partial charge in [-0.15, -0.1) is 11.6 Å². The van der Waals surface area contributed by atoms with Crippen molar-refractivity contribution in [2.45, 2.75) is 25.8 Å². The van der Waals surface area contributed by atoms with Crippen LogP contribution in [0.1, 0.15) is 24.5 Å². The number of nitrogens with one attached hydrogen (secondary N) is 1. The number of carbonyl (C=O) groups is 1. The minimum Gasteiger partial charge on any atom is -0.368 e. The van der Waals surface area contributed by atoms with Crippen LogP contribution in [-0.2, 0) is 17.2 Å². The number of carbonyl (C=O) groups excluding carboxylic acids is 1. The molecule has 1 saturated heterocycles. The molecule has 1 amide bonds. The molecule has 0 bridgehead atoms. The maximum atomic E-state index is 14.5. The predicted molar refractivity (Wildman–Crippen MR) is 85.6 cm³/mol. The summed E-state index contributed by atoms with van der Waals surface area (Å²) in [6, 6.07) is 0.866. The van der Waals surface area contributed by atoms with Crippen LogP contribution in [0.4, 0.5) is 14.5 Å². The van der Waals surface area contributed by atoms with E-state index in [1.165, 1.54) is 6.92 Å². The molecule has 1 aromatic rings. The highest BCUT2D eigenvalue weighted by Crippen LogP contribution is 2.34. The second-order valence-electron chi connectivity index (χ2n) is 5.82. The zero-order valence-corrected chi connectivity index (χ0v) is 13.9. The number of hydrogen-bond acceptors (Lipinski definition) is 4. The average Bonchev–Trinajstić information content (AvgIpc) is 2.96. The van der Waals surface area contributed by atoms with E-state index < -0.39 is 23.1 Å². The van der Waals surface area contributed by atoms with E-state index in [4.69, 9.17) is 11.6 Å². The highest BCUT2D eigenvalue weighted by Gasteiger charge is 2.29. The van der Waals surface area contributed by atoms with E-state index in [9.17, 15) is 23.7 Å². The molecule has 1 N–H and O–H groups in total. The first-order valence-electron chi connectivity index (χ1n) is 7.50. The lowest BCUT2D eigenvalue weighted by Crippen LogP contribution is -2.30. The summed E-state index contributed by atoms with van der Waals surface area (Å²) >= 11 is 5.78. The molecule has 1 unspecified atom stereocenters. The van der Waals surface area contributed by atoms with Gasteiger partial charge in [-0.05, 0) is 18.4 Å². The summed E-state index contributed by atoms with van der Waals surface area (Å²) in [6.45, 7) is 2.04. The van der Waals surface area contributed by atoms with Gasteiger partial charge in [-0.1, -0.05) is 0 Å². The number of nitro groups is 1. The van der Waals surface area contributed by atoms with Gasteiger partial charge < -0.3 is 10.2 Å². The van der Waals surface area contributed by atoms with Crippen molar-refractivity contribution >= 4 is 23.2 Å². The summed E-state index contributed by atoms with van der Waals surface area (Å²) in [7, 11) is 0. The third-order valence-corrected chi connectivity index (χ3v) is 4.30. The fourth-order valence-electron chi connectivity index (χ4n) is 2.94. The minimum absolute atomic E-state index is 0.0555. The minimum atomic E-state index is -0.830. The van der Waals surface area contributed by atoms with Gasteiger partial charge in [0.25, 0.3) is 0 Å². The molecule has 1 aliphatic rings. The molecule has 6 nitrogen and oxygen atoms in total. The Morgan fingerprint density at radius 1 is 1.54 bits per heavy atom. The van der Waals surface area contributed by atoms with E-state index in [-0.39, 0.29) is 34.5 Å². The van der Waals surface area contributed by atoms with Gasteiger partial charge in [0.05, 0.1) is 17.1 Å². The molecule has 1 fully saturated rings. The molecule has 0 aromatic heterocycles. The van der Waals surface area contributed by atoms with E-state index in [1.807, 2.05) is 0 Å². The van der Waals surface area contributed by atoms with Crippen LogP contribution in [0.5, 0.6) is 0 Å². The van der Waals surface area contributed by atoms with Crippen molar-refractivity contribution in [1.29, 1.82) is 0 Å². The molecule has 0 radical (unpaired) electrons. The summed E-state index contributed by atoms with van der Waals surface area (Å²) < 4.78 is 28.9. The molecule has 1 aromatic carbocycles. The maximum absolute atomic E-state index is 14.5. The van der Waals surface area contributed by atoms with Crippen molar-refractivity contribution in [1.82, 2.24) is 5.32 Å². The fraction of sp³-hybridized carbons (Fsp3) is 0.533. The number of benzene rings is 1. The predicted octanol–water partition coefficient (Wildman–Crippen LogP) is 2.44. The molecule has 1 aliphatic heterocycles. The lowest BCUT2D eigenvalue weighted by molar-refractivity contribution is -0.497. The van der Waals surface area contributed by atoms with Crippen LogP contribution < -0.4 is 10.2 Å². The van der Waals surface area contributed by atoms with Gasteiger partial charge in [0.2, 0.25) is 12.5 Å². The Morgan fingerprint density at radius 2 is 2.25 bits per heavy atom. The number of anilines is 1. The van der Waals surface area contributed by atoms with Crippen molar-refractivity contribution in [3.8, 4) is 0 Å². The number of rotatable bonds is 6. The molecule has 1 atom stereocenters. The number of hydrogen-bond donors (Lipinski definition) is 1. The number of nitrogens with zero attached hydrogens (tertiary/aromatic N) is 2. The SMILES string of the molecule is CC(=O)NCC1CCN(c2c(F)cc(C[N+](=O)[O-])c(F)c2CCl)C1. The Hall–Kier alpha value is -1.96. The fourth-order valence-corrected chi connectivity index (χ4v) is 3.18. The van der Waals surface area contributed by atoms with Gasteiger partial charge in [-0.25, -0.2) is 8.78 Å². The van der Waals surface area contributed by atoms with Gasteiger partial charge in [0.1, 0.15) is 11.6 Å². The van der Waals surface area contributed by atoms with Gasteiger partial charge >= 0.3 is 0 Å². The topological polar surface area (TPSA) is 75.5 Å². The summed E-state index contributed by atoms with van der Waals surface area (Å²) in [5.41, 5.74) is -0.320. The zero-order chi connectivity index (χ0) is 17.9. The molecule has 9 heteroatoms. The lowest BCUT2D eigenvalue weighted by Gasteiger charge is -2.23. The average molecular weight is 362 g/mol. The summed E-state index contributed by atoms with van der Waals surface area (Å²) in [5, 5.41) is 13.3. The first kappa shape index (κ1) is 18.4. The quantitative estimate of drug-likeness (QED) is 0.479. The smallest absolute Gasteiger partial charge is 0.231 e. The molecule has 132 valence electrons. The molecule has 24 heavy (non-hydrogen) atoms. The third kappa shape index (κ3) is 4.11. The van der Waals surface area contributed by atoms with Crippen LogP contribution in [0.15, 0.2) is 6.07 Å². The zero-order valence-electron chi connectivity index (χ0n) is 13.2. The first-order chi connectivity index (χ1) is 11.3. The Labute approximate surface area is 142 Å². The number of alkyl halides is 1. The van der Waals surface area contributed by atoms with Crippen molar-refractivity contribution in [2.24, 2.45) is 5.92 Å². The first-order valence-corrected chi connectivity index (χ1v) is 8.03. The summed E-state index contributed by atoms with van der Waals surface area (Å²) in [5.74, 6) is -1.85. The number of amides is 1. The van der Waals surface area contributed by atoms with E-state index in [1.54, 1.807) is 4.90 Å². The maximum Gasteiger partial charge on any atom is 0.231 e. The molecule has 0 spiro atoms. The van der Waals surface area contributed by atoms with Crippen molar-refractivity contribution in [3.05, 3.63) is 38.9 Å². The van der Waals surface area contributed by atoms with Crippen LogP contribution in [0.25, 0.3) is 0 Å². The highest BCUT2D eigenvalue weighted by atomic mass is 35.5. The van der Waals surface area contributed by atoms with E-state index in [2.05, 4.69) is 5.32 Å². The van der Waals surface area contributed by atoms with Crippen LogP contribution >= 0.6 is 11.6 Å². The highest BCUT2D eigenvalue weighted by molar-refractivity contribution is 6.17. The molecular weight excluding hydrogens is 344 g/mol. The van der Waals surface area contributed by atoms with Crippen LogP contribution in [0, 0.1) is 27.7 Å². The van der Waals surface area contributed by atoms with Crippen LogP contribution in [0.2, 0.25) is 0 Å². The van der Waals surface area contributed by atoms with E-state index >= 15 is 0 Å². The van der Waals surface area contributed by atoms with E-state index in [0.29, 0.717) is 19.6 Å². The largest absolute Gasteiger partial charge is 0.368 e. The van der Waals surface area contributed by atoms with E-state index in [0.717, 1.165) is 12.5 Å². The van der Waals surface area contributed by atoms with Crippen molar-refractivity contribution in [3.63, 3.8) is 0 Å². The second kappa shape index (κ2) is 7.74. The molecule has 0 saturated carbocycles. The van der Waals surface area contributed by atoms with Crippen LogP contribution in [-0.4, -0.2) is 30.5 Å². The van der Waals surface area contributed by atoms with Gasteiger partial charge in [-0.3, -0.25) is 14.9 Å². The Morgan fingerprint density at radius 3 is 2.83 bits per heavy atom. The molecule has 2 rings (SSSR count). The Balaban J connectivity index is 2.25. The van der Waals surface area contributed by atoms with Crippen LogP contribution in [0.3, 0.4) is 0 Å². The van der Waals surface area contributed by atoms with Gasteiger partial charge in [0, 0.05) is 37.0 Å². The molecule has 1 heterocycles. The molecular formula is C15H18ClF2N3O3. The Kier molecular flexibility index (Phi) is 5.93. The monoisotopic (exact) mass is 361 g/mol. The normalized spacial score (nSPS) is 17.2. The standard InChI is InChI=1S/C15H18ClF2N3O3/c1-9(22)19-6-10-2-3-20(7-10)15-12(5-16)14(18)11(4-13(15)17)8-21(23)24/h4,10H,2-3,5-8H2,1H3,(H,19,22). The molecule has 0 aliphatic carbocycles. The summed E-state index contributed by atoms with van der Waals surface area (Å²) in [4.78, 5) is 22.5. The second-order valence-corrected chi connectivity index (χ2v) is 6.09. The third-order valence-electron chi connectivity index (χ3n) is 4.03. The Bertz CT molecular complexity index is 657. The summed E-state index contributed by atoms with van der Waals surface area (Å²) in [6.07, 6.45) is 0.722. The van der Waals surface area contributed by atoms with Crippen molar-refractivity contribution < 1.29 is 18.5 Å². The van der Waals surface area contributed by atoms with Gasteiger partial charge in [-0.2, -0.15) is 0 Å².